The molecule has 0 aromatic heterocycles. The van der Waals surface area contributed by atoms with Crippen LogP contribution >= 0.6 is 0 Å². The van der Waals surface area contributed by atoms with Gasteiger partial charge in [0.15, 0.2) is 0 Å². The molecular weight excluding hydrogens is 332 g/mol. The van der Waals surface area contributed by atoms with Gasteiger partial charge < -0.3 is 0 Å². The van der Waals surface area contributed by atoms with Gasteiger partial charge in [0.2, 0.25) is 0 Å². The van der Waals surface area contributed by atoms with Crippen LogP contribution in [0.5, 0.6) is 0 Å². The number of hydrogen-bond acceptors (Lipinski definition) is 5. The van der Waals surface area contributed by atoms with Gasteiger partial charge in [0.1, 0.15) is 0 Å². The Morgan fingerprint density at radius 3 is 2.12 bits per heavy atom. The number of piperazine rings is 1. The van der Waals surface area contributed by atoms with Crippen molar-refractivity contribution in [3.63, 3.8) is 0 Å². The second-order valence-electron chi connectivity index (χ2n) is 7.25. The highest BCUT2D eigenvalue weighted by molar-refractivity contribution is 6.44. The van der Waals surface area contributed by atoms with Gasteiger partial charge in [0, 0.05) is 38.8 Å². The first-order chi connectivity index (χ1) is 12.4. The van der Waals surface area contributed by atoms with Gasteiger partial charge in [0.25, 0.3) is 0 Å². The molecule has 2 fully saturated rings. The molecule has 7 nitrogen and oxygen atoms in total. The molecule has 3 rings (SSSR count). The van der Waals surface area contributed by atoms with Crippen molar-refractivity contribution in [1.29, 1.82) is 0 Å². The number of carbonyl (C=O) groups excluding carboxylic acids is 3. The number of rotatable bonds is 5. The third-order valence-electron chi connectivity index (χ3n) is 5.06. The molecule has 0 bridgehead atoms. The summed E-state index contributed by atoms with van der Waals surface area (Å²) in [7, 11) is 0. The van der Waals surface area contributed by atoms with Crippen LogP contribution in [-0.2, 0) is 16.1 Å². The summed E-state index contributed by atoms with van der Waals surface area (Å²) < 4.78 is 0. The Morgan fingerprint density at radius 1 is 0.923 bits per heavy atom. The predicted octanol–water partition coefficient (Wildman–Crippen LogP) is 1.27. The fraction of sp³-hybridized carbons (Fsp3) is 0.526. The molecule has 1 aromatic rings. The normalized spacial score (nSPS) is 19.9. The minimum absolute atomic E-state index is 0.185. The lowest BCUT2D eigenvalue weighted by atomic mass is 10.1. The van der Waals surface area contributed by atoms with E-state index in [0.29, 0.717) is 0 Å². The Bertz CT molecular complexity index is 710. The van der Waals surface area contributed by atoms with Gasteiger partial charge >= 0.3 is 17.8 Å². The molecule has 0 aliphatic carbocycles. The molecule has 0 atom stereocenters. The molecule has 1 aromatic carbocycles. The maximum Gasteiger partial charge on any atom is 0.335 e. The molecule has 2 aliphatic rings. The highest BCUT2D eigenvalue weighted by Crippen LogP contribution is 2.17. The molecule has 2 aliphatic heterocycles. The van der Waals surface area contributed by atoms with Crippen molar-refractivity contribution in [2.24, 2.45) is 0 Å². The topological polar surface area (TPSA) is 64.2 Å². The van der Waals surface area contributed by atoms with Crippen LogP contribution in [0.4, 0.5) is 4.79 Å². The number of amides is 4. The van der Waals surface area contributed by atoms with Crippen LogP contribution in [-0.4, -0.2) is 76.3 Å². The van der Waals surface area contributed by atoms with Crippen molar-refractivity contribution in [2.75, 3.05) is 32.8 Å². The molecule has 0 spiro atoms. The summed E-state index contributed by atoms with van der Waals surface area (Å²) in [5, 5.41) is 0. The van der Waals surface area contributed by atoms with E-state index in [4.69, 9.17) is 0 Å². The lowest BCUT2D eigenvalue weighted by Gasteiger charge is -2.36. The van der Waals surface area contributed by atoms with E-state index in [0.717, 1.165) is 42.5 Å². The number of carbonyl (C=O) groups is 3. The van der Waals surface area contributed by atoms with E-state index in [1.807, 2.05) is 6.07 Å². The summed E-state index contributed by atoms with van der Waals surface area (Å²) in [5.41, 5.74) is 2.61. The molecule has 26 heavy (non-hydrogen) atoms. The molecule has 0 unspecified atom stereocenters. The standard InChI is InChI=1S/C19H26N4O3/c1-14(2)23-18(25)17(24)22(19(23)26)13-21-10-8-20(9-11-21)12-16-7-5-4-6-15(16)3/h4-7,14H,8-13H2,1-3H3. The number of aryl methyl sites for hydroxylation is 1. The minimum atomic E-state index is -0.719. The summed E-state index contributed by atoms with van der Waals surface area (Å²) in [4.78, 5) is 43.0. The molecule has 2 saturated heterocycles. The Hall–Kier alpha value is -2.25. The zero-order valence-electron chi connectivity index (χ0n) is 15.6. The van der Waals surface area contributed by atoms with E-state index < -0.39 is 17.8 Å². The van der Waals surface area contributed by atoms with Crippen molar-refractivity contribution >= 4 is 17.8 Å². The number of imide groups is 2. The summed E-state index contributed by atoms with van der Waals surface area (Å²) in [6.45, 7) is 9.93. The average molecular weight is 358 g/mol. The van der Waals surface area contributed by atoms with E-state index in [1.54, 1.807) is 13.8 Å². The first kappa shape index (κ1) is 18.5. The van der Waals surface area contributed by atoms with E-state index in [-0.39, 0.29) is 12.7 Å². The van der Waals surface area contributed by atoms with Gasteiger partial charge in [0.05, 0.1) is 6.67 Å². The Labute approximate surface area is 154 Å². The lowest BCUT2D eigenvalue weighted by Crippen LogP contribution is -2.51. The third kappa shape index (κ3) is 3.64. The highest BCUT2D eigenvalue weighted by Gasteiger charge is 2.46. The van der Waals surface area contributed by atoms with E-state index >= 15 is 0 Å². The van der Waals surface area contributed by atoms with Crippen LogP contribution in [0.15, 0.2) is 24.3 Å². The Morgan fingerprint density at radius 2 is 1.54 bits per heavy atom. The second-order valence-corrected chi connectivity index (χ2v) is 7.25. The zero-order chi connectivity index (χ0) is 18.8. The van der Waals surface area contributed by atoms with Crippen LogP contribution in [0.3, 0.4) is 0 Å². The number of nitrogens with zero attached hydrogens (tertiary/aromatic N) is 4. The summed E-state index contributed by atoms with van der Waals surface area (Å²) in [6.07, 6.45) is 0. The van der Waals surface area contributed by atoms with Crippen molar-refractivity contribution < 1.29 is 14.4 Å². The lowest BCUT2D eigenvalue weighted by molar-refractivity contribution is -0.144. The summed E-state index contributed by atoms with van der Waals surface area (Å²) in [6, 6.07) is 7.55. The SMILES string of the molecule is Cc1ccccc1CN1CCN(CN2C(=O)C(=O)N(C(C)C)C2=O)CC1. The number of urea groups is 1. The summed E-state index contributed by atoms with van der Waals surface area (Å²) >= 11 is 0. The average Bonchev–Trinajstić information content (AvgIpc) is 2.82. The molecule has 4 amide bonds. The van der Waals surface area contributed by atoms with Crippen LogP contribution in [0.25, 0.3) is 0 Å². The van der Waals surface area contributed by atoms with Crippen molar-refractivity contribution in [2.45, 2.75) is 33.4 Å². The van der Waals surface area contributed by atoms with Crippen molar-refractivity contribution in [1.82, 2.24) is 19.6 Å². The fourth-order valence-electron chi connectivity index (χ4n) is 3.42. The quantitative estimate of drug-likeness (QED) is 0.586. The molecule has 140 valence electrons. The maximum absolute atomic E-state index is 12.4. The van der Waals surface area contributed by atoms with Crippen molar-refractivity contribution in [3.05, 3.63) is 35.4 Å². The first-order valence-electron chi connectivity index (χ1n) is 9.06. The van der Waals surface area contributed by atoms with Gasteiger partial charge in [-0.05, 0) is 31.9 Å². The number of benzene rings is 1. The smallest absolute Gasteiger partial charge is 0.297 e. The molecule has 0 radical (unpaired) electrons. The van der Waals surface area contributed by atoms with E-state index in [9.17, 15) is 14.4 Å². The van der Waals surface area contributed by atoms with Crippen LogP contribution in [0, 0.1) is 6.92 Å². The van der Waals surface area contributed by atoms with E-state index in [1.165, 1.54) is 11.1 Å². The first-order valence-corrected chi connectivity index (χ1v) is 9.06. The predicted molar refractivity (Wildman–Crippen MR) is 97.1 cm³/mol. The van der Waals surface area contributed by atoms with Crippen LogP contribution in [0.2, 0.25) is 0 Å². The minimum Gasteiger partial charge on any atom is -0.297 e. The van der Waals surface area contributed by atoms with E-state index in [2.05, 4.69) is 34.9 Å². The van der Waals surface area contributed by atoms with Gasteiger partial charge in [-0.15, -0.1) is 0 Å². The van der Waals surface area contributed by atoms with Crippen LogP contribution in [0.1, 0.15) is 25.0 Å². The zero-order valence-corrected chi connectivity index (χ0v) is 15.6. The Kier molecular flexibility index (Phi) is 5.38. The molecular formula is C19H26N4O3. The van der Waals surface area contributed by atoms with Gasteiger partial charge in [-0.2, -0.15) is 0 Å². The molecule has 0 N–H and O–H groups in total. The molecule has 0 saturated carbocycles. The molecule has 7 heteroatoms. The summed E-state index contributed by atoms with van der Waals surface area (Å²) in [5.74, 6) is -1.44. The van der Waals surface area contributed by atoms with Gasteiger partial charge in [-0.1, -0.05) is 24.3 Å². The monoisotopic (exact) mass is 358 g/mol. The van der Waals surface area contributed by atoms with Gasteiger partial charge in [-0.3, -0.25) is 24.3 Å². The largest absolute Gasteiger partial charge is 0.335 e. The molecule has 2 heterocycles. The maximum atomic E-state index is 12.4. The third-order valence-corrected chi connectivity index (χ3v) is 5.06. The highest BCUT2D eigenvalue weighted by atomic mass is 16.2. The number of hydrogen-bond donors (Lipinski definition) is 0. The fourth-order valence-corrected chi connectivity index (χ4v) is 3.42. The van der Waals surface area contributed by atoms with Crippen molar-refractivity contribution in [3.8, 4) is 0 Å². The second kappa shape index (κ2) is 7.55. The van der Waals surface area contributed by atoms with Crippen LogP contribution < -0.4 is 0 Å². The van der Waals surface area contributed by atoms with Gasteiger partial charge in [-0.25, -0.2) is 9.69 Å². The Balaban J connectivity index is 1.54.